The molecule has 0 spiro atoms. The summed E-state index contributed by atoms with van der Waals surface area (Å²) in [4.78, 5) is 33.9. The van der Waals surface area contributed by atoms with Crippen molar-refractivity contribution in [2.75, 3.05) is 6.54 Å². The van der Waals surface area contributed by atoms with Gasteiger partial charge in [0, 0.05) is 11.6 Å². The van der Waals surface area contributed by atoms with Crippen LogP contribution in [0.4, 0.5) is 4.79 Å². The number of benzene rings is 1. The Bertz CT molecular complexity index is 558. The van der Waals surface area contributed by atoms with Crippen LogP contribution in [-0.4, -0.2) is 35.1 Å². The summed E-state index contributed by atoms with van der Waals surface area (Å²) in [5.74, 6) is -1.75. The zero-order chi connectivity index (χ0) is 16.8. The normalized spacial score (nSPS) is 10.7. The van der Waals surface area contributed by atoms with E-state index >= 15 is 0 Å². The number of aliphatic carboxylic acids is 1. The Labute approximate surface area is 133 Å². The molecule has 1 aromatic carbocycles. The molecule has 0 aliphatic heterocycles. The van der Waals surface area contributed by atoms with E-state index in [-0.39, 0.29) is 13.1 Å². The average Bonchev–Trinajstić information content (AvgIpc) is 2.44. The van der Waals surface area contributed by atoms with Crippen LogP contribution in [0.1, 0.15) is 19.4 Å². The van der Waals surface area contributed by atoms with Crippen molar-refractivity contribution in [1.29, 1.82) is 0 Å². The third-order valence-electron chi connectivity index (χ3n) is 2.76. The van der Waals surface area contributed by atoms with Gasteiger partial charge in [-0.2, -0.15) is 0 Å². The second kappa shape index (κ2) is 7.65. The Morgan fingerprint density at radius 3 is 2.27 bits per heavy atom. The minimum atomic E-state index is -1.39. The standard InChI is InChI=1S/C14H18ClN3O4/c1-14(2,12(20)21)18-11(19)8-17-13(22)16-7-9-3-5-10(15)6-4-9/h3-6H,7-8H2,1-2H3,(H,18,19)(H,20,21)(H2,16,17,22). The quantitative estimate of drug-likeness (QED) is 0.628. The molecule has 4 N–H and O–H groups in total. The summed E-state index contributed by atoms with van der Waals surface area (Å²) in [5, 5.41) is 16.7. The van der Waals surface area contributed by atoms with Gasteiger partial charge < -0.3 is 21.1 Å². The number of carbonyl (C=O) groups excluding carboxylic acids is 2. The van der Waals surface area contributed by atoms with Crippen LogP contribution in [0, 0.1) is 0 Å². The summed E-state index contributed by atoms with van der Waals surface area (Å²) in [6, 6.07) is 6.42. The van der Waals surface area contributed by atoms with Gasteiger partial charge in [-0.05, 0) is 31.5 Å². The first-order valence-electron chi connectivity index (χ1n) is 6.51. The first kappa shape index (κ1) is 17.8. The highest BCUT2D eigenvalue weighted by molar-refractivity contribution is 6.30. The van der Waals surface area contributed by atoms with Crippen LogP contribution in [0.2, 0.25) is 5.02 Å². The molecule has 0 bridgehead atoms. The van der Waals surface area contributed by atoms with Gasteiger partial charge in [0.25, 0.3) is 0 Å². The van der Waals surface area contributed by atoms with E-state index in [2.05, 4.69) is 16.0 Å². The van der Waals surface area contributed by atoms with Crippen molar-refractivity contribution in [3.8, 4) is 0 Å². The maximum atomic E-state index is 11.5. The number of halogens is 1. The van der Waals surface area contributed by atoms with Gasteiger partial charge >= 0.3 is 12.0 Å². The molecular formula is C14H18ClN3O4. The van der Waals surface area contributed by atoms with Crippen molar-refractivity contribution in [3.05, 3.63) is 34.9 Å². The maximum absolute atomic E-state index is 11.5. The molecular weight excluding hydrogens is 310 g/mol. The van der Waals surface area contributed by atoms with Crippen LogP contribution in [0.15, 0.2) is 24.3 Å². The summed E-state index contributed by atoms with van der Waals surface area (Å²) in [6.45, 7) is 2.68. The smallest absolute Gasteiger partial charge is 0.328 e. The van der Waals surface area contributed by atoms with E-state index < -0.39 is 23.4 Å². The molecule has 0 heterocycles. The van der Waals surface area contributed by atoms with Crippen molar-refractivity contribution in [3.63, 3.8) is 0 Å². The third kappa shape index (κ3) is 6.01. The number of hydrogen-bond acceptors (Lipinski definition) is 3. The lowest BCUT2D eigenvalue weighted by molar-refractivity contribution is -0.145. The highest BCUT2D eigenvalue weighted by Crippen LogP contribution is 2.08. The highest BCUT2D eigenvalue weighted by Gasteiger charge is 2.28. The summed E-state index contributed by atoms with van der Waals surface area (Å²) in [6.07, 6.45) is 0. The molecule has 1 rings (SSSR count). The number of amides is 3. The first-order valence-corrected chi connectivity index (χ1v) is 6.89. The molecule has 0 fully saturated rings. The molecule has 0 saturated carbocycles. The Morgan fingerprint density at radius 1 is 1.14 bits per heavy atom. The monoisotopic (exact) mass is 327 g/mol. The number of carbonyl (C=O) groups is 3. The Morgan fingerprint density at radius 2 is 1.73 bits per heavy atom. The summed E-state index contributed by atoms with van der Waals surface area (Å²) < 4.78 is 0. The maximum Gasteiger partial charge on any atom is 0.328 e. The molecule has 0 aliphatic carbocycles. The predicted molar refractivity (Wildman–Crippen MR) is 81.5 cm³/mol. The molecule has 0 atom stereocenters. The van der Waals surface area contributed by atoms with Crippen molar-refractivity contribution < 1.29 is 19.5 Å². The predicted octanol–water partition coefficient (Wildman–Crippen LogP) is 1.12. The minimum absolute atomic E-state index is 0.283. The van der Waals surface area contributed by atoms with Gasteiger partial charge in [-0.25, -0.2) is 9.59 Å². The van der Waals surface area contributed by atoms with E-state index in [4.69, 9.17) is 16.7 Å². The third-order valence-corrected chi connectivity index (χ3v) is 3.01. The van der Waals surface area contributed by atoms with Crippen molar-refractivity contribution in [2.24, 2.45) is 0 Å². The van der Waals surface area contributed by atoms with Crippen LogP contribution in [-0.2, 0) is 16.1 Å². The van der Waals surface area contributed by atoms with Crippen molar-refractivity contribution in [2.45, 2.75) is 25.9 Å². The topological polar surface area (TPSA) is 108 Å². The highest BCUT2D eigenvalue weighted by atomic mass is 35.5. The number of hydrogen-bond donors (Lipinski definition) is 4. The van der Waals surface area contributed by atoms with Crippen LogP contribution in [0.5, 0.6) is 0 Å². The second-order valence-electron chi connectivity index (χ2n) is 5.14. The van der Waals surface area contributed by atoms with Crippen LogP contribution in [0.25, 0.3) is 0 Å². The zero-order valence-electron chi connectivity index (χ0n) is 12.3. The van der Waals surface area contributed by atoms with Gasteiger partial charge in [0.2, 0.25) is 5.91 Å². The van der Waals surface area contributed by atoms with E-state index in [9.17, 15) is 14.4 Å². The molecule has 8 heteroatoms. The van der Waals surface area contributed by atoms with Crippen molar-refractivity contribution in [1.82, 2.24) is 16.0 Å². The largest absolute Gasteiger partial charge is 0.480 e. The fourth-order valence-corrected chi connectivity index (χ4v) is 1.58. The van der Waals surface area contributed by atoms with Gasteiger partial charge in [0.1, 0.15) is 5.54 Å². The number of carboxylic acids is 1. The number of nitrogens with one attached hydrogen (secondary N) is 3. The molecule has 1 aromatic rings. The van der Waals surface area contributed by atoms with E-state index in [1.54, 1.807) is 24.3 Å². The molecule has 7 nitrogen and oxygen atoms in total. The molecule has 0 saturated heterocycles. The fraction of sp³-hybridized carbons (Fsp3) is 0.357. The lowest BCUT2D eigenvalue weighted by Crippen LogP contribution is -2.53. The van der Waals surface area contributed by atoms with Crippen molar-refractivity contribution >= 4 is 29.5 Å². The summed E-state index contributed by atoms with van der Waals surface area (Å²) in [7, 11) is 0. The molecule has 0 radical (unpaired) electrons. The van der Waals surface area contributed by atoms with Crippen LogP contribution < -0.4 is 16.0 Å². The van der Waals surface area contributed by atoms with Crippen LogP contribution >= 0.6 is 11.6 Å². The summed E-state index contributed by atoms with van der Waals surface area (Å²) in [5.41, 5.74) is -0.533. The molecule has 0 unspecified atom stereocenters. The van der Waals surface area contributed by atoms with Gasteiger partial charge in [-0.15, -0.1) is 0 Å². The fourth-order valence-electron chi connectivity index (χ4n) is 1.45. The lowest BCUT2D eigenvalue weighted by atomic mass is 10.1. The van der Waals surface area contributed by atoms with E-state index in [0.717, 1.165) is 5.56 Å². The average molecular weight is 328 g/mol. The van der Waals surface area contributed by atoms with Gasteiger partial charge in [-0.1, -0.05) is 23.7 Å². The van der Waals surface area contributed by atoms with Gasteiger partial charge in [-0.3, -0.25) is 4.79 Å². The van der Waals surface area contributed by atoms with E-state index in [1.807, 2.05) is 0 Å². The zero-order valence-corrected chi connectivity index (χ0v) is 13.0. The van der Waals surface area contributed by atoms with Gasteiger partial charge in [0.15, 0.2) is 0 Å². The van der Waals surface area contributed by atoms with E-state index in [0.29, 0.717) is 5.02 Å². The second-order valence-corrected chi connectivity index (χ2v) is 5.58. The Balaban J connectivity index is 2.32. The molecule has 22 heavy (non-hydrogen) atoms. The summed E-state index contributed by atoms with van der Waals surface area (Å²) >= 11 is 5.75. The molecule has 0 aromatic heterocycles. The van der Waals surface area contributed by atoms with Crippen LogP contribution in [0.3, 0.4) is 0 Å². The molecule has 0 aliphatic rings. The van der Waals surface area contributed by atoms with Gasteiger partial charge in [0.05, 0.1) is 6.54 Å². The number of rotatable bonds is 6. The minimum Gasteiger partial charge on any atom is -0.480 e. The number of carboxylic acid groups (broad SMARTS) is 1. The molecule has 3 amide bonds. The lowest BCUT2D eigenvalue weighted by Gasteiger charge is -2.21. The first-order chi connectivity index (χ1) is 10.2. The molecule has 120 valence electrons. The Kier molecular flexibility index (Phi) is 6.18. The Hall–Kier alpha value is -2.28. The SMILES string of the molecule is CC(C)(NC(=O)CNC(=O)NCc1ccc(Cl)cc1)C(=O)O. The van der Waals surface area contributed by atoms with E-state index in [1.165, 1.54) is 13.8 Å². The number of urea groups is 1.